The van der Waals surface area contributed by atoms with Crippen LogP contribution in [0.25, 0.3) is 0 Å². The fourth-order valence-electron chi connectivity index (χ4n) is 2.83. The van der Waals surface area contributed by atoms with Crippen molar-refractivity contribution in [3.8, 4) is 0 Å². The average Bonchev–Trinajstić information content (AvgIpc) is 3.17. The van der Waals surface area contributed by atoms with Gasteiger partial charge < -0.3 is 9.64 Å². The molecule has 6 nitrogen and oxygen atoms in total. The number of halogens is 1. The molecule has 2 fully saturated rings. The highest BCUT2D eigenvalue weighted by atomic mass is 79.9. The van der Waals surface area contributed by atoms with E-state index in [1.54, 1.807) is 0 Å². The molecule has 0 aromatic carbocycles. The van der Waals surface area contributed by atoms with Crippen LogP contribution in [0, 0.1) is 0 Å². The van der Waals surface area contributed by atoms with Crippen molar-refractivity contribution in [3.05, 3.63) is 16.7 Å². The molecular formula is C15H21BrN4O2. The minimum Gasteiger partial charge on any atom is -0.444 e. The zero-order chi connectivity index (χ0) is 16.0. The molecule has 0 unspecified atom stereocenters. The van der Waals surface area contributed by atoms with Crippen molar-refractivity contribution in [2.75, 3.05) is 24.5 Å². The fourth-order valence-corrected chi connectivity index (χ4v) is 3.04. The van der Waals surface area contributed by atoms with Crippen LogP contribution < -0.4 is 4.90 Å². The summed E-state index contributed by atoms with van der Waals surface area (Å²) < 4.78 is 6.27. The third-order valence-corrected chi connectivity index (χ3v) is 4.46. The largest absolute Gasteiger partial charge is 0.444 e. The molecule has 1 saturated heterocycles. The van der Waals surface area contributed by atoms with Crippen LogP contribution in [0.2, 0.25) is 0 Å². The maximum atomic E-state index is 12.4. The molecule has 1 aromatic rings. The first-order valence-electron chi connectivity index (χ1n) is 7.54. The van der Waals surface area contributed by atoms with Crippen LogP contribution in [0.15, 0.2) is 16.7 Å². The van der Waals surface area contributed by atoms with E-state index in [-0.39, 0.29) is 11.6 Å². The van der Waals surface area contributed by atoms with Crippen LogP contribution in [-0.2, 0) is 4.74 Å². The standard InChI is InChI=1S/C15H21BrN4O2/c1-14(2,3)22-13(21)20-9-8-19(10-15(20)6-7-15)12-5-4-11(16)17-18-12/h4-5H,6-10H2,1-3H3. The maximum Gasteiger partial charge on any atom is 0.410 e. The van der Waals surface area contributed by atoms with Crippen molar-refractivity contribution < 1.29 is 9.53 Å². The lowest BCUT2D eigenvalue weighted by molar-refractivity contribution is 0.0106. The number of ether oxygens (including phenoxy) is 1. The lowest BCUT2D eigenvalue weighted by Gasteiger charge is -2.42. The summed E-state index contributed by atoms with van der Waals surface area (Å²) >= 11 is 3.30. The Kier molecular flexibility index (Phi) is 3.79. The zero-order valence-corrected chi connectivity index (χ0v) is 14.8. The van der Waals surface area contributed by atoms with Gasteiger partial charge in [0.1, 0.15) is 10.2 Å². The van der Waals surface area contributed by atoms with E-state index in [0.29, 0.717) is 6.54 Å². The van der Waals surface area contributed by atoms with Crippen molar-refractivity contribution in [1.29, 1.82) is 0 Å². The number of carbonyl (C=O) groups excluding carboxylic acids is 1. The molecule has 1 amide bonds. The summed E-state index contributed by atoms with van der Waals surface area (Å²) in [7, 11) is 0. The topological polar surface area (TPSA) is 58.6 Å². The van der Waals surface area contributed by atoms with Crippen LogP contribution in [-0.4, -0.2) is 52.0 Å². The number of hydrogen-bond donors (Lipinski definition) is 0. The predicted octanol–water partition coefficient (Wildman–Crippen LogP) is 2.83. The summed E-state index contributed by atoms with van der Waals surface area (Å²) in [6.07, 6.45) is 1.84. The number of piperazine rings is 1. The van der Waals surface area contributed by atoms with Gasteiger partial charge in [-0.25, -0.2) is 4.79 Å². The quantitative estimate of drug-likeness (QED) is 0.762. The maximum absolute atomic E-state index is 12.4. The Morgan fingerprint density at radius 2 is 2.00 bits per heavy atom. The molecule has 1 saturated carbocycles. The smallest absolute Gasteiger partial charge is 0.410 e. The molecule has 22 heavy (non-hydrogen) atoms. The highest BCUT2D eigenvalue weighted by molar-refractivity contribution is 9.10. The Morgan fingerprint density at radius 3 is 2.55 bits per heavy atom. The molecule has 0 atom stereocenters. The Bertz CT molecular complexity index is 566. The van der Waals surface area contributed by atoms with Gasteiger partial charge in [-0.1, -0.05) is 0 Å². The van der Waals surface area contributed by atoms with E-state index in [0.717, 1.165) is 36.4 Å². The van der Waals surface area contributed by atoms with Crippen molar-refractivity contribution in [2.45, 2.75) is 44.8 Å². The summed E-state index contributed by atoms with van der Waals surface area (Å²) in [6.45, 7) is 7.90. The number of rotatable bonds is 1. The van der Waals surface area contributed by atoms with Gasteiger partial charge in [0.25, 0.3) is 0 Å². The average molecular weight is 369 g/mol. The lowest BCUT2D eigenvalue weighted by atomic mass is 10.1. The summed E-state index contributed by atoms with van der Waals surface area (Å²) in [5, 5.41) is 8.26. The molecule has 3 rings (SSSR count). The summed E-state index contributed by atoms with van der Waals surface area (Å²) in [5.41, 5.74) is -0.545. The Balaban J connectivity index is 1.70. The van der Waals surface area contributed by atoms with Gasteiger partial charge >= 0.3 is 6.09 Å². The molecule has 0 N–H and O–H groups in total. The van der Waals surface area contributed by atoms with Crippen LogP contribution in [0.4, 0.5) is 10.6 Å². The molecule has 1 spiro atoms. The van der Waals surface area contributed by atoms with E-state index in [1.165, 1.54) is 0 Å². The van der Waals surface area contributed by atoms with E-state index < -0.39 is 5.60 Å². The van der Waals surface area contributed by atoms with E-state index in [9.17, 15) is 4.79 Å². The predicted molar refractivity (Wildman–Crippen MR) is 86.9 cm³/mol. The highest BCUT2D eigenvalue weighted by Gasteiger charge is 2.54. The fraction of sp³-hybridized carbons (Fsp3) is 0.667. The Labute approximate surface area is 139 Å². The summed E-state index contributed by atoms with van der Waals surface area (Å²) in [6, 6.07) is 3.85. The lowest BCUT2D eigenvalue weighted by Crippen LogP contribution is -2.58. The first-order valence-corrected chi connectivity index (χ1v) is 8.33. The second kappa shape index (κ2) is 5.37. The van der Waals surface area contributed by atoms with Crippen LogP contribution in [0.5, 0.6) is 0 Å². The van der Waals surface area contributed by atoms with Gasteiger partial charge in [0.05, 0.1) is 5.54 Å². The number of nitrogens with zero attached hydrogens (tertiary/aromatic N) is 4. The third-order valence-electron chi connectivity index (χ3n) is 4.03. The number of anilines is 1. The molecule has 2 heterocycles. The number of aromatic nitrogens is 2. The molecule has 7 heteroatoms. The van der Waals surface area contributed by atoms with E-state index in [4.69, 9.17) is 4.74 Å². The van der Waals surface area contributed by atoms with Gasteiger partial charge in [0.2, 0.25) is 0 Å². The minimum atomic E-state index is -0.457. The molecule has 120 valence electrons. The summed E-state index contributed by atoms with van der Waals surface area (Å²) in [5.74, 6) is 0.860. The van der Waals surface area contributed by atoms with E-state index >= 15 is 0 Å². The van der Waals surface area contributed by atoms with Gasteiger partial charge in [-0.05, 0) is 61.7 Å². The van der Waals surface area contributed by atoms with E-state index in [1.807, 2.05) is 37.8 Å². The first-order chi connectivity index (χ1) is 10.3. The molecule has 1 aliphatic carbocycles. The van der Waals surface area contributed by atoms with Gasteiger partial charge in [0.15, 0.2) is 5.82 Å². The van der Waals surface area contributed by atoms with Gasteiger partial charge in [0, 0.05) is 19.6 Å². The SMILES string of the molecule is CC(C)(C)OC(=O)N1CCN(c2ccc(Br)nn2)CC12CC2. The molecule has 1 aliphatic heterocycles. The second-order valence-corrected chi connectivity index (χ2v) is 7.80. The molecule has 1 aromatic heterocycles. The minimum absolute atomic E-state index is 0.0880. The zero-order valence-electron chi connectivity index (χ0n) is 13.2. The molecule has 2 aliphatic rings. The van der Waals surface area contributed by atoms with Crippen LogP contribution >= 0.6 is 15.9 Å². The Hall–Kier alpha value is -1.37. The number of amides is 1. The van der Waals surface area contributed by atoms with Crippen LogP contribution in [0.3, 0.4) is 0 Å². The van der Waals surface area contributed by atoms with Crippen molar-refractivity contribution in [2.24, 2.45) is 0 Å². The third kappa shape index (κ3) is 3.19. The summed E-state index contributed by atoms with van der Waals surface area (Å²) in [4.78, 5) is 16.5. The van der Waals surface area contributed by atoms with Crippen molar-refractivity contribution in [3.63, 3.8) is 0 Å². The van der Waals surface area contributed by atoms with Crippen molar-refractivity contribution >= 4 is 27.8 Å². The van der Waals surface area contributed by atoms with Gasteiger partial charge in [-0.15, -0.1) is 10.2 Å². The normalized spacial score (nSPS) is 20.2. The van der Waals surface area contributed by atoms with Gasteiger partial charge in [-0.2, -0.15) is 0 Å². The van der Waals surface area contributed by atoms with Gasteiger partial charge in [-0.3, -0.25) is 4.90 Å². The molecular weight excluding hydrogens is 348 g/mol. The van der Waals surface area contributed by atoms with E-state index in [2.05, 4.69) is 31.0 Å². The monoisotopic (exact) mass is 368 g/mol. The van der Waals surface area contributed by atoms with Crippen molar-refractivity contribution in [1.82, 2.24) is 15.1 Å². The second-order valence-electron chi connectivity index (χ2n) is 6.99. The highest BCUT2D eigenvalue weighted by Crippen LogP contribution is 2.45. The number of hydrogen-bond acceptors (Lipinski definition) is 5. The Morgan fingerprint density at radius 1 is 1.27 bits per heavy atom. The number of carbonyl (C=O) groups is 1. The first kappa shape index (κ1) is 15.5. The molecule has 0 bridgehead atoms. The van der Waals surface area contributed by atoms with Crippen LogP contribution in [0.1, 0.15) is 33.6 Å². The molecule has 0 radical (unpaired) electrons.